The second-order valence-electron chi connectivity index (χ2n) is 4.80. The Labute approximate surface area is 120 Å². The summed E-state index contributed by atoms with van der Waals surface area (Å²) in [6, 6.07) is 6.58. The monoisotopic (exact) mass is 299 g/mol. The first-order valence-corrected chi connectivity index (χ1v) is 8.55. The second-order valence-corrected chi connectivity index (χ2v) is 6.91. The predicted octanol–water partition coefficient (Wildman–Crippen LogP) is 1.24. The molecular weight excluding hydrogens is 278 g/mol. The van der Waals surface area contributed by atoms with Crippen molar-refractivity contribution < 1.29 is 17.9 Å². The standard InChI is InChI=1S/C14H21NO4S/c1-2-9-20(16,17)14-5-3-12(4-6-14)19-11-13-10-15-7-8-18-13/h3-6,13,15H,2,7-11H2,1H3. The molecule has 1 atom stereocenters. The Morgan fingerprint density at radius 2 is 2.10 bits per heavy atom. The zero-order valence-electron chi connectivity index (χ0n) is 11.7. The molecule has 6 heteroatoms. The Morgan fingerprint density at radius 1 is 1.35 bits per heavy atom. The molecule has 0 amide bonds. The fraction of sp³-hybridized carbons (Fsp3) is 0.571. The number of ether oxygens (including phenoxy) is 2. The van der Waals surface area contributed by atoms with Gasteiger partial charge in [-0.2, -0.15) is 0 Å². The molecule has 1 fully saturated rings. The minimum atomic E-state index is -3.15. The van der Waals surface area contributed by atoms with Gasteiger partial charge in [-0.05, 0) is 30.7 Å². The summed E-state index contributed by atoms with van der Waals surface area (Å²) in [6.45, 7) is 4.67. The minimum absolute atomic E-state index is 0.0484. The average molecular weight is 299 g/mol. The molecule has 1 heterocycles. The first-order chi connectivity index (χ1) is 9.62. The lowest BCUT2D eigenvalue weighted by Gasteiger charge is -2.23. The molecule has 0 spiro atoms. The summed E-state index contributed by atoms with van der Waals surface area (Å²) < 4.78 is 34.9. The van der Waals surface area contributed by atoms with Gasteiger partial charge in [0.25, 0.3) is 0 Å². The van der Waals surface area contributed by atoms with Gasteiger partial charge < -0.3 is 14.8 Å². The van der Waals surface area contributed by atoms with Gasteiger partial charge in [-0.1, -0.05) is 6.92 Å². The van der Waals surface area contributed by atoms with Crippen molar-refractivity contribution in [3.05, 3.63) is 24.3 Å². The maximum absolute atomic E-state index is 11.9. The Hall–Kier alpha value is -1.11. The van der Waals surface area contributed by atoms with E-state index in [1.165, 1.54) is 0 Å². The largest absolute Gasteiger partial charge is 0.491 e. The van der Waals surface area contributed by atoms with Gasteiger partial charge in [-0.25, -0.2) is 8.42 Å². The van der Waals surface area contributed by atoms with E-state index in [1.54, 1.807) is 24.3 Å². The maximum atomic E-state index is 11.9. The van der Waals surface area contributed by atoms with Crippen LogP contribution in [-0.4, -0.2) is 46.6 Å². The molecule has 0 bridgehead atoms. The first kappa shape index (κ1) is 15.3. The number of sulfone groups is 1. The minimum Gasteiger partial charge on any atom is -0.491 e. The molecule has 20 heavy (non-hydrogen) atoms. The zero-order chi connectivity index (χ0) is 14.4. The summed E-state index contributed by atoms with van der Waals surface area (Å²) in [7, 11) is -3.15. The molecule has 1 aliphatic heterocycles. The third kappa shape index (κ3) is 4.19. The van der Waals surface area contributed by atoms with Gasteiger partial charge in [0, 0.05) is 13.1 Å². The molecule has 1 aromatic rings. The zero-order valence-corrected chi connectivity index (χ0v) is 12.5. The molecule has 2 rings (SSSR count). The summed E-state index contributed by atoms with van der Waals surface area (Å²) >= 11 is 0. The Morgan fingerprint density at radius 3 is 2.70 bits per heavy atom. The van der Waals surface area contributed by atoms with E-state index in [0.717, 1.165) is 13.1 Å². The van der Waals surface area contributed by atoms with Crippen molar-refractivity contribution in [2.75, 3.05) is 32.1 Å². The van der Waals surface area contributed by atoms with E-state index < -0.39 is 9.84 Å². The Bertz CT molecular complexity index is 506. The van der Waals surface area contributed by atoms with Crippen molar-refractivity contribution in [1.29, 1.82) is 0 Å². The number of hydrogen-bond acceptors (Lipinski definition) is 5. The van der Waals surface area contributed by atoms with Crippen LogP contribution in [-0.2, 0) is 14.6 Å². The normalized spacial score (nSPS) is 19.8. The van der Waals surface area contributed by atoms with Crippen LogP contribution in [0.15, 0.2) is 29.2 Å². The van der Waals surface area contributed by atoms with Crippen molar-refractivity contribution in [1.82, 2.24) is 5.32 Å². The van der Waals surface area contributed by atoms with E-state index in [2.05, 4.69) is 5.32 Å². The number of benzene rings is 1. The summed E-state index contributed by atoms with van der Waals surface area (Å²) in [6.07, 6.45) is 0.666. The Kier molecular flexibility index (Phi) is 5.39. The molecule has 0 saturated carbocycles. The highest BCUT2D eigenvalue weighted by atomic mass is 32.2. The lowest BCUT2D eigenvalue weighted by molar-refractivity contribution is 0.000185. The maximum Gasteiger partial charge on any atom is 0.178 e. The van der Waals surface area contributed by atoms with Crippen LogP contribution >= 0.6 is 0 Å². The summed E-state index contributed by atoms with van der Waals surface area (Å²) in [5, 5.41) is 3.23. The highest BCUT2D eigenvalue weighted by Gasteiger charge is 2.15. The fourth-order valence-corrected chi connectivity index (χ4v) is 3.37. The molecule has 1 saturated heterocycles. The van der Waals surface area contributed by atoms with Crippen LogP contribution in [0.4, 0.5) is 0 Å². The van der Waals surface area contributed by atoms with Gasteiger partial charge in [0.1, 0.15) is 18.5 Å². The Balaban J connectivity index is 1.91. The number of nitrogens with one attached hydrogen (secondary N) is 1. The van der Waals surface area contributed by atoms with Crippen LogP contribution in [0.25, 0.3) is 0 Å². The van der Waals surface area contributed by atoms with E-state index >= 15 is 0 Å². The van der Waals surface area contributed by atoms with Crippen LogP contribution in [0, 0.1) is 0 Å². The van der Waals surface area contributed by atoms with Gasteiger partial charge in [0.15, 0.2) is 9.84 Å². The first-order valence-electron chi connectivity index (χ1n) is 6.90. The molecule has 0 aromatic heterocycles. The molecule has 5 nitrogen and oxygen atoms in total. The van der Waals surface area contributed by atoms with Crippen LogP contribution in [0.5, 0.6) is 5.75 Å². The highest BCUT2D eigenvalue weighted by Crippen LogP contribution is 2.18. The van der Waals surface area contributed by atoms with Crippen molar-refractivity contribution in [2.24, 2.45) is 0 Å². The number of rotatable bonds is 6. The quantitative estimate of drug-likeness (QED) is 0.856. The highest BCUT2D eigenvalue weighted by molar-refractivity contribution is 7.91. The SMILES string of the molecule is CCCS(=O)(=O)c1ccc(OCC2CNCCO2)cc1. The smallest absolute Gasteiger partial charge is 0.178 e. The van der Waals surface area contributed by atoms with Crippen LogP contribution in [0.1, 0.15) is 13.3 Å². The molecule has 1 N–H and O–H groups in total. The van der Waals surface area contributed by atoms with E-state index in [0.29, 0.717) is 30.3 Å². The van der Waals surface area contributed by atoms with Crippen LogP contribution in [0.2, 0.25) is 0 Å². The molecule has 0 aliphatic carbocycles. The topological polar surface area (TPSA) is 64.6 Å². The van der Waals surface area contributed by atoms with Gasteiger partial charge in [-0.3, -0.25) is 0 Å². The van der Waals surface area contributed by atoms with Crippen molar-refractivity contribution in [3.63, 3.8) is 0 Å². The lowest BCUT2D eigenvalue weighted by Crippen LogP contribution is -2.41. The van der Waals surface area contributed by atoms with Crippen molar-refractivity contribution >= 4 is 9.84 Å². The molecule has 1 unspecified atom stereocenters. The van der Waals surface area contributed by atoms with Gasteiger partial charge in [-0.15, -0.1) is 0 Å². The van der Waals surface area contributed by atoms with E-state index in [1.807, 2.05) is 6.92 Å². The second kappa shape index (κ2) is 7.06. The number of hydrogen-bond donors (Lipinski definition) is 1. The van der Waals surface area contributed by atoms with Crippen molar-refractivity contribution in [3.8, 4) is 5.75 Å². The van der Waals surface area contributed by atoms with Crippen LogP contribution in [0.3, 0.4) is 0 Å². The predicted molar refractivity (Wildman–Crippen MR) is 76.9 cm³/mol. The van der Waals surface area contributed by atoms with E-state index in [9.17, 15) is 8.42 Å². The average Bonchev–Trinajstić information content (AvgIpc) is 2.47. The molecule has 1 aromatic carbocycles. The molecule has 1 aliphatic rings. The summed E-state index contributed by atoms with van der Waals surface area (Å²) in [4.78, 5) is 0.349. The van der Waals surface area contributed by atoms with E-state index in [4.69, 9.17) is 9.47 Å². The van der Waals surface area contributed by atoms with Gasteiger partial charge >= 0.3 is 0 Å². The molecular formula is C14H21NO4S. The number of morpholine rings is 1. The van der Waals surface area contributed by atoms with Gasteiger partial charge in [0.2, 0.25) is 0 Å². The molecule has 112 valence electrons. The van der Waals surface area contributed by atoms with Crippen molar-refractivity contribution in [2.45, 2.75) is 24.3 Å². The molecule has 0 radical (unpaired) electrons. The lowest BCUT2D eigenvalue weighted by atomic mass is 10.3. The van der Waals surface area contributed by atoms with E-state index in [-0.39, 0.29) is 11.9 Å². The van der Waals surface area contributed by atoms with Crippen LogP contribution < -0.4 is 10.1 Å². The third-order valence-electron chi connectivity index (χ3n) is 3.10. The van der Waals surface area contributed by atoms with Gasteiger partial charge in [0.05, 0.1) is 17.3 Å². The summed E-state index contributed by atoms with van der Waals surface area (Å²) in [5.74, 6) is 0.837. The fourth-order valence-electron chi connectivity index (χ4n) is 2.05. The third-order valence-corrected chi connectivity index (χ3v) is 5.03. The summed E-state index contributed by atoms with van der Waals surface area (Å²) in [5.41, 5.74) is 0.